The van der Waals surface area contributed by atoms with Crippen LogP contribution in [0.5, 0.6) is 0 Å². The fourth-order valence-electron chi connectivity index (χ4n) is 2.61. The molecule has 0 heterocycles. The standard InChI is InChI=1S/C15H22ClFN2/c1-10(2)9-19(11-6-7-11)14(8-18)15-12(16)4-3-5-13(15)17/h3-5,10-11,14H,6-9,18H2,1-2H3. The van der Waals surface area contributed by atoms with Crippen LogP contribution in [0.2, 0.25) is 5.02 Å². The highest BCUT2D eigenvalue weighted by Crippen LogP contribution is 2.37. The minimum atomic E-state index is -0.252. The molecule has 1 aliphatic carbocycles. The van der Waals surface area contributed by atoms with Gasteiger partial charge in [0.2, 0.25) is 0 Å². The van der Waals surface area contributed by atoms with Gasteiger partial charge in [-0.3, -0.25) is 4.90 Å². The molecule has 19 heavy (non-hydrogen) atoms. The molecule has 0 amide bonds. The van der Waals surface area contributed by atoms with Crippen LogP contribution >= 0.6 is 11.6 Å². The van der Waals surface area contributed by atoms with E-state index in [0.29, 0.717) is 29.1 Å². The summed E-state index contributed by atoms with van der Waals surface area (Å²) in [7, 11) is 0. The number of rotatable bonds is 6. The van der Waals surface area contributed by atoms with Gasteiger partial charge in [-0.2, -0.15) is 0 Å². The molecule has 1 unspecified atom stereocenters. The Morgan fingerprint density at radius 2 is 2.11 bits per heavy atom. The average Bonchev–Trinajstić information content (AvgIpc) is 3.15. The zero-order valence-corrected chi connectivity index (χ0v) is 12.3. The van der Waals surface area contributed by atoms with Gasteiger partial charge in [0.1, 0.15) is 5.82 Å². The second-order valence-electron chi connectivity index (χ2n) is 5.71. The maximum Gasteiger partial charge on any atom is 0.129 e. The minimum absolute atomic E-state index is 0.122. The summed E-state index contributed by atoms with van der Waals surface area (Å²) in [5, 5.41) is 0.477. The van der Waals surface area contributed by atoms with E-state index in [1.807, 2.05) is 0 Å². The number of nitrogens with zero attached hydrogens (tertiary/aromatic N) is 1. The molecule has 2 rings (SSSR count). The molecular weight excluding hydrogens is 263 g/mol. The lowest BCUT2D eigenvalue weighted by molar-refractivity contribution is 0.166. The van der Waals surface area contributed by atoms with Crippen LogP contribution in [0, 0.1) is 11.7 Å². The van der Waals surface area contributed by atoms with Crippen molar-refractivity contribution in [1.82, 2.24) is 4.90 Å². The summed E-state index contributed by atoms with van der Waals surface area (Å²) >= 11 is 6.19. The van der Waals surface area contributed by atoms with Gasteiger partial charge >= 0.3 is 0 Å². The molecule has 1 fully saturated rings. The molecular formula is C15H22ClFN2. The summed E-state index contributed by atoms with van der Waals surface area (Å²) in [6, 6.07) is 5.25. The van der Waals surface area contributed by atoms with Gasteiger partial charge in [-0.15, -0.1) is 0 Å². The van der Waals surface area contributed by atoms with E-state index in [1.165, 1.54) is 18.9 Å². The Balaban J connectivity index is 2.31. The molecule has 106 valence electrons. The molecule has 0 aliphatic heterocycles. The first-order chi connectivity index (χ1) is 9.04. The molecule has 1 saturated carbocycles. The maximum atomic E-state index is 14.1. The van der Waals surface area contributed by atoms with Crippen molar-refractivity contribution in [2.75, 3.05) is 13.1 Å². The van der Waals surface area contributed by atoms with E-state index in [4.69, 9.17) is 17.3 Å². The van der Waals surface area contributed by atoms with Crippen molar-refractivity contribution in [1.29, 1.82) is 0 Å². The molecule has 1 aromatic rings. The zero-order chi connectivity index (χ0) is 14.0. The van der Waals surface area contributed by atoms with Crippen LogP contribution in [0.3, 0.4) is 0 Å². The third kappa shape index (κ3) is 3.47. The topological polar surface area (TPSA) is 29.3 Å². The predicted molar refractivity (Wildman–Crippen MR) is 77.8 cm³/mol. The van der Waals surface area contributed by atoms with Gasteiger partial charge in [0.05, 0.1) is 6.04 Å². The fraction of sp³-hybridized carbons (Fsp3) is 0.600. The second-order valence-corrected chi connectivity index (χ2v) is 6.12. The fourth-order valence-corrected chi connectivity index (χ4v) is 2.90. The highest BCUT2D eigenvalue weighted by atomic mass is 35.5. The first-order valence-electron chi connectivity index (χ1n) is 6.94. The Kier molecular flexibility index (Phi) is 4.82. The van der Waals surface area contributed by atoms with Crippen molar-refractivity contribution in [3.63, 3.8) is 0 Å². The van der Waals surface area contributed by atoms with Crippen LogP contribution in [0.25, 0.3) is 0 Å². The first kappa shape index (κ1) is 14.8. The number of halogens is 2. The summed E-state index contributed by atoms with van der Waals surface area (Å²) in [6.07, 6.45) is 2.35. The van der Waals surface area contributed by atoms with Crippen LogP contribution in [-0.2, 0) is 0 Å². The van der Waals surface area contributed by atoms with Crippen molar-refractivity contribution < 1.29 is 4.39 Å². The van der Waals surface area contributed by atoms with Crippen molar-refractivity contribution in [2.24, 2.45) is 11.7 Å². The summed E-state index contributed by atoms with van der Waals surface area (Å²) in [4.78, 5) is 2.33. The molecule has 1 atom stereocenters. The van der Waals surface area contributed by atoms with Gasteiger partial charge in [0, 0.05) is 29.7 Å². The van der Waals surface area contributed by atoms with Crippen LogP contribution in [0.4, 0.5) is 4.39 Å². The molecule has 2 nitrogen and oxygen atoms in total. The third-order valence-electron chi connectivity index (χ3n) is 3.55. The Morgan fingerprint density at radius 1 is 1.42 bits per heavy atom. The van der Waals surface area contributed by atoms with Crippen molar-refractivity contribution in [2.45, 2.75) is 38.8 Å². The van der Waals surface area contributed by atoms with Crippen LogP contribution in [0.15, 0.2) is 18.2 Å². The summed E-state index contributed by atoms with van der Waals surface area (Å²) in [5.74, 6) is 0.276. The normalized spacial score (nSPS) is 17.2. The molecule has 2 N–H and O–H groups in total. The highest BCUT2D eigenvalue weighted by molar-refractivity contribution is 6.31. The van der Waals surface area contributed by atoms with Crippen molar-refractivity contribution in [3.05, 3.63) is 34.6 Å². The first-order valence-corrected chi connectivity index (χ1v) is 7.32. The minimum Gasteiger partial charge on any atom is -0.329 e. The quantitative estimate of drug-likeness (QED) is 0.865. The van der Waals surface area contributed by atoms with Gasteiger partial charge in [-0.05, 0) is 30.9 Å². The lowest BCUT2D eigenvalue weighted by Crippen LogP contribution is -2.38. The van der Waals surface area contributed by atoms with E-state index in [1.54, 1.807) is 12.1 Å². The molecule has 0 radical (unpaired) electrons. The summed E-state index contributed by atoms with van der Waals surface area (Å²) < 4.78 is 14.1. The van der Waals surface area contributed by atoms with Gasteiger partial charge in [-0.1, -0.05) is 31.5 Å². The highest BCUT2D eigenvalue weighted by Gasteiger charge is 2.36. The molecule has 0 bridgehead atoms. The average molecular weight is 285 g/mol. The molecule has 4 heteroatoms. The third-order valence-corrected chi connectivity index (χ3v) is 3.88. The molecule has 0 spiro atoms. The Labute approximate surface area is 119 Å². The van der Waals surface area contributed by atoms with Gasteiger partial charge in [-0.25, -0.2) is 4.39 Å². The van der Waals surface area contributed by atoms with Gasteiger partial charge in [0.15, 0.2) is 0 Å². The number of benzene rings is 1. The molecule has 0 aromatic heterocycles. The van der Waals surface area contributed by atoms with E-state index < -0.39 is 0 Å². The Hall–Kier alpha value is -0.640. The predicted octanol–water partition coefficient (Wildman–Crippen LogP) is 3.60. The molecule has 1 aliphatic rings. The Bertz CT molecular complexity index is 412. The largest absolute Gasteiger partial charge is 0.329 e. The van der Waals surface area contributed by atoms with E-state index >= 15 is 0 Å². The number of nitrogens with two attached hydrogens (primary N) is 1. The van der Waals surface area contributed by atoms with Crippen molar-refractivity contribution >= 4 is 11.6 Å². The molecule has 1 aromatic carbocycles. The van der Waals surface area contributed by atoms with Crippen molar-refractivity contribution in [3.8, 4) is 0 Å². The van der Waals surface area contributed by atoms with Crippen LogP contribution in [0.1, 0.15) is 38.3 Å². The number of hydrogen-bond donors (Lipinski definition) is 1. The lowest BCUT2D eigenvalue weighted by Gasteiger charge is -2.33. The maximum absolute atomic E-state index is 14.1. The van der Waals surface area contributed by atoms with E-state index in [-0.39, 0.29) is 11.9 Å². The zero-order valence-electron chi connectivity index (χ0n) is 11.6. The van der Waals surface area contributed by atoms with E-state index in [9.17, 15) is 4.39 Å². The van der Waals surface area contributed by atoms with Crippen LogP contribution in [-0.4, -0.2) is 24.0 Å². The summed E-state index contributed by atoms with van der Waals surface area (Å²) in [5.41, 5.74) is 6.47. The smallest absolute Gasteiger partial charge is 0.129 e. The molecule has 0 saturated heterocycles. The van der Waals surface area contributed by atoms with E-state index in [0.717, 1.165) is 6.54 Å². The van der Waals surface area contributed by atoms with Gasteiger partial charge in [0.25, 0.3) is 0 Å². The lowest BCUT2D eigenvalue weighted by atomic mass is 10.0. The van der Waals surface area contributed by atoms with Gasteiger partial charge < -0.3 is 5.73 Å². The SMILES string of the molecule is CC(C)CN(C1CC1)C(CN)c1c(F)cccc1Cl. The van der Waals surface area contributed by atoms with E-state index in [2.05, 4.69) is 18.7 Å². The van der Waals surface area contributed by atoms with Crippen LogP contribution < -0.4 is 5.73 Å². The Morgan fingerprint density at radius 3 is 2.58 bits per heavy atom. The monoisotopic (exact) mass is 284 g/mol. The second kappa shape index (κ2) is 6.21. The summed E-state index contributed by atoms with van der Waals surface area (Å²) in [6.45, 7) is 5.67. The number of hydrogen-bond acceptors (Lipinski definition) is 2.